The van der Waals surface area contributed by atoms with E-state index in [4.69, 9.17) is 21.0 Å². The highest BCUT2D eigenvalue weighted by Gasteiger charge is 2.16. The summed E-state index contributed by atoms with van der Waals surface area (Å²) < 4.78 is 6.13. The number of nitrogens with zero attached hydrogens (tertiary/aromatic N) is 1. The molecule has 0 atom stereocenters. The number of halogens is 1. The molecule has 4 aromatic carbocycles. The summed E-state index contributed by atoms with van der Waals surface area (Å²) >= 11 is 6.23. The third-order valence-electron chi connectivity index (χ3n) is 4.85. The number of fused-ring (bicyclic) bond motifs is 3. The van der Waals surface area contributed by atoms with Crippen LogP contribution in [0.25, 0.3) is 44.5 Å². The van der Waals surface area contributed by atoms with E-state index in [-0.39, 0.29) is 0 Å². The van der Waals surface area contributed by atoms with Crippen LogP contribution in [0, 0.1) is 0 Å². The first kappa shape index (κ1) is 16.7. The average molecular weight is 384 g/mol. The Bertz CT molecular complexity index is 1340. The van der Waals surface area contributed by atoms with Crippen LogP contribution in [0.15, 0.2) is 83.3 Å². The van der Waals surface area contributed by atoms with E-state index in [0.29, 0.717) is 16.5 Å². The normalized spacial score (nSPS) is 11.2. The fraction of sp³-hybridized carbons (Fsp3) is 0. The zero-order valence-electron chi connectivity index (χ0n) is 14.7. The van der Waals surface area contributed by atoms with E-state index in [1.165, 1.54) is 0 Å². The summed E-state index contributed by atoms with van der Waals surface area (Å²) in [5.41, 5.74) is 4.66. The second kappa shape index (κ2) is 6.63. The van der Waals surface area contributed by atoms with Crippen LogP contribution in [-0.2, 0) is 0 Å². The lowest BCUT2D eigenvalue weighted by atomic mass is 9.94. The van der Waals surface area contributed by atoms with Crippen LogP contribution in [0.2, 0.25) is 5.02 Å². The van der Waals surface area contributed by atoms with Crippen molar-refractivity contribution in [3.63, 3.8) is 0 Å². The Labute approximate surface area is 166 Å². The number of aromatic nitrogens is 1. The number of carbonyl (C=O) groups excluding carboxylic acids is 1. The number of benzene rings is 4. The zero-order valence-corrected chi connectivity index (χ0v) is 15.5. The van der Waals surface area contributed by atoms with E-state index in [1.807, 2.05) is 66.7 Å². The van der Waals surface area contributed by atoms with Crippen molar-refractivity contribution in [3.05, 3.63) is 89.4 Å². The standard InChI is InChI=1S/C24H14ClNO2/c25-17-11-10-16(14-27)20(12-17)21-13-22-23(19-9-5-4-8-18(19)21)28-24(26-22)15-6-2-1-3-7-15/h1-14H. The molecular formula is C24H14ClNO2. The van der Waals surface area contributed by atoms with Crippen LogP contribution in [0.1, 0.15) is 10.4 Å². The molecule has 4 heteroatoms. The van der Waals surface area contributed by atoms with Gasteiger partial charge in [-0.1, -0.05) is 54.1 Å². The number of hydrogen-bond donors (Lipinski definition) is 0. The molecule has 0 aliphatic carbocycles. The molecule has 134 valence electrons. The molecule has 0 fully saturated rings. The maximum Gasteiger partial charge on any atom is 0.227 e. The molecule has 0 aliphatic heterocycles. The van der Waals surface area contributed by atoms with Gasteiger partial charge in [0, 0.05) is 21.5 Å². The largest absolute Gasteiger partial charge is 0.435 e. The molecule has 0 spiro atoms. The van der Waals surface area contributed by atoms with Gasteiger partial charge in [0.1, 0.15) is 5.52 Å². The minimum Gasteiger partial charge on any atom is -0.435 e. The molecule has 0 unspecified atom stereocenters. The Morgan fingerprint density at radius 3 is 2.36 bits per heavy atom. The van der Waals surface area contributed by atoms with Crippen molar-refractivity contribution < 1.29 is 9.21 Å². The molecule has 0 saturated carbocycles. The maximum absolute atomic E-state index is 11.6. The SMILES string of the molecule is O=Cc1ccc(Cl)cc1-c1cc2nc(-c3ccccc3)oc2c2ccccc12. The monoisotopic (exact) mass is 383 g/mol. The Morgan fingerprint density at radius 2 is 1.57 bits per heavy atom. The number of aldehydes is 1. The van der Waals surface area contributed by atoms with Gasteiger partial charge >= 0.3 is 0 Å². The fourth-order valence-corrected chi connectivity index (χ4v) is 3.72. The average Bonchev–Trinajstić information content (AvgIpc) is 3.18. The van der Waals surface area contributed by atoms with E-state index >= 15 is 0 Å². The first-order valence-electron chi connectivity index (χ1n) is 8.87. The van der Waals surface area contributed by atoms with Gasteiger partial charge in [0.25, 0.3) is 0 Å². The van der Waals surface area contributed by atoms with E-state index < -0.39 is 0 Å². The Morgan fingerprint density at radius 1 is 0.821 bits per heavy atom. The summed E-state index contributed by atoms with van der Waals surface area (Å²) in [5, 5.41) is 2.51. The van der Waals surface area contributed by atoms with Crippen LogP contribution in [0.4, 0.5) is 0 Å². The van der Waals surface area contributed by atoms with Gasteiger partial charge in [-0.2, -0.15) is 0 Å². The lowest BCUT2D eigenvalue weighted by Crippen LogP contribution is -1.90. The quantitative estimate of drug-likeness (QED) is 0.322. The van der Waals surface area contributed by atoms with Crippen LogP contribution in [-0.4, -0.2) is 11.3 Å². The second-order valence-corrected chi connectivity index (χ2v) is 6.99. The topological polar surface area (TPSA) is 43.1 Å². The molecule has 1 heterocycles. The molecule has 0 bridgehead atoms. The first-order chi connectivity index (χ1) is 13.7. The van der Waals surface area contributed by atoms with Gasteiger partial charge in [-0.05, 0) is 52.9 Å². The van der Waals surface area contributed by atoms with Gasteiger partial charge < -0.3 is 4.42 Å². The van der Waals surface area contributed by atoms with Crippen LogP contribution < -0.4 is 0 Å². The lowest BCUT2D eigenvalue weighted by molar-refractivity contribution is 0.112. The highest BCUT2D eigenvalue weighted by atomic mass is 35.5. The predicted molar refractivity (Wildman–Crippen MR) is 113 cm³/mol. The van der Waals surface area contributed by atoms with Crippen molar-refractivity contribution in [2.24, 2.45) is 0 Å². The van der Waals surface area contributed by atoms with E-state index in [1.54, 1.807) is 12.1 Å². The molecule has 0 amide bonds. The third kappa shape index (κ3) is 2.68. The highest BCUT2D eigenvalue weighted by Crippen LogP contribution is 2.38. The van der Waals surface area contributed by atoms with Gasteiger partial charge in [0.05, 0.1) is 0 Å². The maximum atomic E-state index is 11.6. The fourth-order valence-electron chi connectivity index (χ4n) is 3.54. The predicted octanol–water partition coefficient (Wildman–Crippen LogP) is 6.78. The molecule has 28 heavy (non-hydrogen) atoms. The summed E-state index contributed by atoms with van der Waals surface area (Å²) in [6.07, 6.45) is 0.850. The van der Waals surface area contributed by atoms with Gasteiger partial charge in [0.2, 0.25) is 5.89 Å². The number of carbonyl (C=O) groups is 1. The van der Waals surface area contributed by atoms with Gasteiger partial charge in [-0.15, -0.1) is 0 Å². The van der Waals surface area contributed by atoms with E-state index in [2.05, 4.69) is 0 Å². The molecule has 5 aromatic rings. The van der Waals surface area contributed by atoms with Crippen molar-refractivity contribution in [2.75, 3.05) is 0 Å². The van der Waals surface area contributed by atoms with Crippen molar-refractivity contribution >= 4 is 39.8 Å². The molecule has 0 N–H and O–H groups in total. The van der Waals surface area contributed by atoms with Gasteiger partial charge in [0.15, 0.2) is 11.9 Å². The number of rotatable bonds is 3. The minimum atomic E-state index is 0.569. The molecule has 5 rings (SSSR count). The highest BCUT2D eigenvalue weighted by molar-refractivity contribution is 6.31. The summed E-state index contributed by atoms with van der Waals surface area (Å²) in [4.78, 5) is 16.3. The van der Waals surface area contributed by atoms with Crippen LogP contribution >= 0.6 is 11.6 Å². The molecular weight excluding hydrogens is 370 g/mol. The van der Waals surface area contributed by atoms with Crippen molar-refractivity contribution in [1.82, 2.24) is 4.98 Å². The molecule has 0 radical (unpaired) electrons. The summed E-state index contributed by atoms with van der Waals surface area (Å²) in [5.74, 6) is 0.569. The molecule has 1 aromatic heterocycles. The Hall–Kier alpha value is -3.43. The van der Waals surface area contributed by atoms with Crippen LogP contribution in [0.3, 0.4) is 0 Å². The zero-order chi connectivity index (χ0) is 19.1. The first-order valence-corrected chi connectivity index (χ1v) is 9.25. The summed E-state index contributed by atoms with van der Waals surface area (Å²) in [6, 6.07) is 25.0. The Kier molecular flexibility index (Phi) is 3.96. The number of hydrogen-bond acceptors (Lipinski definition) is 3. The minimum absolute atomic E-state index is 0.569. The van der Waals surface area contributed by atoms with Gasteiger partial charge in [-0.25, -0.2) is 4.98 Å². The number of oxazole rings is 1. The Balaban J connectivity index is 1.85. The molecule has 0 saturated heterocycles. The van der Waals surface area contributed by atoms with Crippen molar-refractivity contribution in [1.29, 1.82) is 0 Å². The molecule has 3 nitrogen and oxygen atoms in total. The summed E-state index contributed by atoms with van der Waals surface area (Å²) in [6.45, 7) is 0. The second-order valence-electron chi connectivity index (χ2n) is 6.55. The van der Waals surface area contributed by atoms with E-state index in [0.717, 1.165) is 44.8 Å². The van der Waals surface area contributed by atoms with Crippen molar-refractivity contribution in [2.45, 2.75) is 0 Å². The van der Waals surface area contributed by atoms with Crippen LogP contribution in [0.5, 0.6) is 0 Å². The summed E-state index contributed by atoms with van der Waals surface area (Å²) in [7, 11) is 0. The lowest BCUT2D eigenvalue weighted by Gasteiger charge is -2.10. The smallest absolute Gasteiger partial charge is 0.227 e. The van der Waals surface area contributed by atoms with Gasteiger partial charge in [-0.3, -0.25) is 4.79 Å². The van der Waals surface area contributed by atoms with E-state index in [9.17, 15) is 4.79 Å². The third-order valence-corrected chi connectivity index (χ3v) is 5.08. The van der Waals surface area contributed by atoms with Crippen molar-refractivity contribution in [3.8, 4) is 22.6 Å². The molecule has 0 aliphatic rings.